The minimum atomic E-state index is -0.241. The summed E-state index contributed by atoms with van der Waals surface area (Å²) in [7, 11) is 0. The fraction of sp³-hybridized carbons (Fsp3) is 0.667. The van der Waals surface area contributed by atoms with Crippen LogP contribution in [0.5, 0.6) is 0 Å². The van der Waals surface area contributed by atoms with E-state index in [4.69, 9.17) is 9.05 Å². The maximum Gasteiger partial charge on any atom is 0.280 e. The van der Waals surface area contributed by atoms with Gasteiger partial charge in [-0.25, -0.2) is 0 Å². The highest BCUT2D eigenvalue weighted by molar-refractivity contribution is 5.86. The molecule has 0 saturated heterocycles. The van der Waals surface area contributed by atoms with Crippen molar-refractivity contribution in [3.63, 3.8) is 0 Å². The molecule has 2 rings (SSSR count). The van der Waals surface area contributed by atoms with Gasteiger partial charge in [0.2, 0.25) is 0 Å². The van der Waals surface area contributed by atoms with Gasteiger partial charge in [0.05, 0.1) is 0 Å². The van der Waals surface area contributed by atoms with Crippen molar-refractivity contribution in [1.29, 1.82) is 0 Å². The lowest BCUT2D eigenvalue weighted by Gasteiger charge is -2.24. The van der Waals surface area contributed by atoms with Crippen molar-refractivity contribution in [2.45, 2.75) is 91.9 Å². The first-order valence-electron chi connectivity index (χ1n) is 11.3. The van der Waals surface area contributed by atoms with Gasteiger partial charge in [-0.15, -0.1) is 0 Å². The molecule has 2 N–H and O–H groups in total. The van der Waals surface area contributed by atoms with Crippen LogP contribution >= 0.6 is 0 Å². The largest absolute Gasteiger partial charge is 0.384 e. The first-order chi connectivity index (χ1) is 14.9. The first kappa shape index (κ1) is 25.6. The summed E-state index contributed by atoms with van der Waals surface area (Å²) in [6.07, 6.45) is 5.84. The van der Waals surface area contributed by atoms with Crippen molar-refractivity contribution in [2.24, 2.45) is 10.8 Å². The van der Waals surface area contributed by atoms with E-state index < -0.39 is 0 Å². The van der Waals surface area contributed by atoms with Gasteiger partial charge in [-0.05, 0) is 36.5 Å². The molecule has 0 aromatic carbocycles. The lowest BCUT2D eigenvalue weighted by molar-refractivity contribution is -0.124. The predicted octanol–water partition coefficient (Wildman–Crippen LogP) is 4.35. The molecule has 0 saturated carbocycles. The zero-order valence-electron chi connectivity index (χ0n) is 19.7. The molecule has 0 amide bonds. The lowest BCUT2D eigenvalue weighted by atomic mass is 9.81. The molecular weight excluding hydrogens is 412 g/mol. The lowest BCUT2D eigenvalue weighted by Crippen LogP contribution is -2.16. The summed E-state index contributed by atoms with van der Waals surface area (Å²) < 4.78 is 10.2. The van der Waals surface area contributed by atoms with Gasteiger partial charge in [-0.1, -0.05) is 27.7 Å². The van der Waals surface area contributed by atoms with Crippen LogP contribution in [-0.2, 0) is 22.4 Å². The number of aromatic nitrogens is 2. The van der Waals surface area contributed by atoms with Gasteiger partial charge in [-0.2, -0.15) is 10.3 Å². The topological polar surface area (TPSA) is 126 Å². The summed E-state index contributed by atoms with van der Waals surface area (Å²) in [5.41, 5.74) is -0.596. The van der Waals surface area contributed by atoms with E-state index in [0.29, 0.717) is 37.2 Å². The maximum absolute atomic E-state index is 12.3. The summed E-state index contributed by atoms with van der Waals surface area (Å²) in [4.78, 5) is 46.8. The molecule has 8 nitrogen and oxygen atoms in total. The van der Waals surface area contributed by atoms with E-state index in [9.17, 15) is 19.2 Å². The molecule has 0 aliphatic heterocycles. The molecule has 0 bridgehead atoms. The summed E-state index contributed by atoms with van der Waals surface area (Å²) in [5, 5.41) is 4.57. The molecule has 0 radical (unpaired) electrons. The van der Waals surface area contributed by atoms with Crippen molar-refractivity contribution in [3.05, 3.63) is 44.4 Å². The Labute approximate surface area is 188 Å². The van der Waals surface area contributed by atoms with E-state index in [0.717, 1.165) is 25.7 Å². The number of aromatic amines is 2. The molecule has 8 heteroatoms. The number of carbonyl (C=O) groups excluding carboxylic acids is 2. The van der Waals surface area contributed by atoms with Crippen LogP contribution in [0.1, 0.15) is 90.6 Å². The van der Waals surface area contributed by atoms with Gasteiger partial charge in [0.25, 0.3) is 11.1 Å². The monoisotopic (exact) mass is 448 g/mol. The van der Waals surface area contributed by atoms with E-state index in [1.54, 1.807) is 0 Å². The number of hydrogen-bond acceptors (Lipinski definition) is 6. The minimum Gasteiger partial charge on any atom is -0.384 e. The van der Waals surface area contributed by atoms with Crippen molar-refractivity contribution in [2.75, 3.05) is 0 Å². The van der Waals surface area contributed by atoms with Gasteiger partial charge in [0.15, 0.2) is 0 Å². The zero-order chi connectivity index (χ0) is 23.8. The molecule has 0 unspecified atom stereocenters. The van der Waals surface area contributed by atoms with E-state index in [2.05, 4.69) is 38.0 Å². The van der Waals surface area contributed by atoms with E-state index in [1.807, 2.05) is 0 Å². The van der Waals surface area contributed by atoms with Gasteiger partial charge < -0.3 is 9.05 Å². The van der Waals surface area contributed by atoms with E-state index >= 15 is 0 Å². The Morgan fingerprint density at radius 1 is 0.688 bits per heavy atom. The standard InChI is InChI=1S/C24H36N2O6/c1-23(2,13-9-19-15-21(29)25-31-19)11-7-17(27)5-6-18(28)8-12-24(3,4)14-10-20-16-22(30)26-32-20/h15-16H,5-14H2,1-4H3,(H,25,29)(H,26,30). The van der Waals surface area contributed by atoms with Gasteiger partial charge in [-0.3, -0.25) is 19.2 Å². The summed E-state index contributed by atoms with van der Waals surface area (Å²) >= 11 is 0. The number of aryl methyl sites for hydroxylation is 2. The summed E-state index contributed by atoms with van der Waals surface area (Å²) in [6, 6.07) is 2.90. The Morgan fingerprint density at radius 3 is 1.38 bits per heavy atom. The van der Waals surface area contributed by atoms with Crippen LogP contribution in [0.4, 0.5) is 0 Å². The molecule has 0 aliphatic rings. The third kappa shape index (κ3) is 9.66. The summed E-state index contributed by atoms with van der Waals surface area (Å²) in [5.74, 6) is 1.48. The van der Waals surface area contributed by atoms with Crippen molar-refractivity contribution >= 4 is 11.6 Å². The molecule has 0 aliphatic carbocycles. The smallest absolute Gasteiger partial charge is 0.280 e. The molecule has 0 atom stereocenters. The van der Waals surface area contributed by atoms with Gasteiger partial charge in [0.1, 0.15) is 23.1 Å². The number of rotatable bonds is 15. The highest BCUT2D eigenvalue weighted by atomic mass is 16.5. The summed E-state index contributed by atoms with van der Waals surface area (Å²) in [6.45, 7) is 8.38. The number of carbonyl (C=O) groups is 2. The second kappa shape index (κ2) is 11.3. The third-order valence-corrected chi connectivity index (χ3v) is 6.09. The molecule has 0 spiro atoms. The highest BCUT2D eigenvalue weighted by Crippen LogP contribution is 2.30. The van der Waals surface area contributed by atoms with E-state index in [1.165, 1.54) is 12.1 Å². The number of Topliss-reactive ketones (excluding diaryl/α,β-unsaturated/α-hetero) is 2. The predicted molar refractivity (Wildman–Crippen MR) is 121 cm³/mol. The second-order valence-electron chi connectivity index (χ2n) is 10.3. The van der Waals surface area contributed by atoms with Crippen LogP contribution in [0.2, 0.25) is 0 Å². The van der Waals surface area contributed by atoms with Crippen LogP contribution < -0.4 is 11.1 Å². The SMILES string of the molecule is CC(C)(CCC(=O)CCC(=O)CCC(C)(C)CCc1cc(=O)[nH]o1)CCc1cc(=O)[nH]o1. The number of ketones is 2. The Morgan fingerprint density at radius 2 is 1.06 bits per heavy atom. The third-order valence-electron chi connectivity index (χ3n) is 6.09. The molecule has 0 fully saturated rings. The van der Waals surface area contributed by atoms with Crippen molar-refractivity contribution in [3.8, 4) is 0 Å². The van der Waals surface area contributed by atoms with Crippen LogP contribution in [0.15, 0.2) is 30.8 Å². The average molecular weight is 449 g/mol. The number of H-pyrrole nitrogens is 2. The second-order valence-corrected chi connectivity index (χ2v) is 10.3. The van der Waals surface area contributed by atoms with Crippen LogP contribution in [0.25, 0.3) is 0 Å². The van der Waals surface area contributed by atoms with Crippen molar-refractivity contribution < 1.29 is 18.6 Å². The van der Waals surface area contributed by atoms with Crippen LogP contribution in [0.3, 0.4) is 0 Å². The Hall–Kier alpha value is -2.64. The number of nitrogens with one attached hydrogen (secondary N) is 2. The molecule has 32 heavy (non-hydrogen) atoms. The molecular formula is C24H36N2O6. The van der Waals surface area contributed by atoms with Crippen LogP contribution in [0, 0.1) is 10.8 Å². The molecule has 178 valence electrons. The highest BCUT2D eigenvalue weighted by Gasteiger charge is 2.22. The maximum atomic E-state index is 12.3. The molecule has 2 heterocycles. The van der Waals surface area contributed by atoms with Crippen LogP contribution in [-0.4, -0.2) is 21.9 Å². The molecule has 2 aromatic heterocycles. The quantitative estimate of drug-likeness (QED) is 0.417. The van der Waals surface area contributed by atoms with Crippen molar-refractivity contribution in [1.82, 2.24) is 10.3 Å². The normalized spacial score (nSPS) is 12.2. The fourth-order valence-corrected chi connectivity index (χ4v) is 3.55. The number of hydrogen-bond donors (Lipinski definition) is 2. The Balaban J connectivity index is 1.62. The van der Waals surface area contributed by atoms with Gasteiger partial charge >= 0.3 is 0 Å². The average Bonchev–Trinajstić information content (AvgIpc) is 3.34. The fourth-order valence-electron chi connectivity index (χ4n) is 3.55. The Bertz CT molecular complexity index is 908. The minimum absolute atomic E-state index is 0.0574. The zero-order valence-corrected chi connectivity index (χ0v) is 19.7. The van der Waals surface area contributed by atoms with E-state index in [-0.39, 0.29) is 46.4 Å². The first-order valence-corrected chi connectivity index (χ1v) is 11.3. The molecule has 2 aromatic rings. The Kier molecular flexibility index (Phi) is 9.04. The van der Waals surface area contributed by atoms with Gasteiger partial charge in [0, 0.05) is 50.7 Å².